The smallest absolute Gasteiger partial charge is 0.231 e. The average molecular weight is 374 g/mol. The van der Waals surface area contributed by atoms with Crippen LogP contribution in [0.5, 0.6) is 17.2 Å². The number of imidazole rings is 1. The lowest BCUT2D eigenvalue weighted by Gasteiger charge is -2.08. The normalized spacial score (nSPS) is 12.3. The molecule has 2 aromatic heterocycles. The molecule has 140 valence electrons. The van der Waals surface area contributed by atoms with E-state index >= 15 is 0 Å². The Morgan fingerprint density at radius 1 is 1.04 bits per heavy atom. The lowest BCUT2D eigenvalue weighted by molar-refractivity contribution is 0.174. The van der Waals surface area contributed by atoms with Crippen LogP contribution in [0.4, 0.5) is 5.82 Å². The van der Waals surface area contributed by atoms with E-state index in [-0.39, 0.29) is 6.79 Å². The molecule has 2 aromatic carbocycles. The number of aromatic nitrogens is 3. The maximum absolute atomic E-state index is 5.43. The van der Waals surface area contributed by atoms with Gasteiger partial charge in [0, 0.05) is 12.1 Å². The monoisotopic (exact) mass is 374 g/mol. The highest BCUT2D eigenvalue weighted by molar-refractivity contribution is 5.64. The van der Waals surface area contributed by atoms with Gasteiger partial charge in [-0.1, -0.05) is 6.07 Å². The maximum Gasteiger partial charge on any atom is 0.231 e. The van der Waals surface area contributed by atoms with Crippen molar-refractivity contribution in [3.63, 3.8) is 0 Å². The molecule has 0 radical (unpaired) electrons. The zero-order valence-corrected chi connectivity index (χ0v) is 15.3. The molecule has 4 aromatic rings. The minimum Gasteiger partial charge on any atom is -0.497 e. The maximum atomic E-state index is 5.43. The van der Waals surface area contributed by atoms with E-state index in [1.54, 1.807) is 7.11 Å². The van der Waals surface area contributed by atoms with Gasteiger partial charge in [-0.2, -0.15) is 0 Å². The summed E-state index contributed by atoms with van der Waals surface area (Å²) in [5.74, 6) is 3.14. The van der Waals surface area contributed by atoms with E-state index in [0.29, 0.717) is 6.54 Å². The number of nitrogens with one attached hydrogen (secondary N) is 1. The van der Waals surface area contributed by atoms with Crippen molar-refractivity contribution in [2.45, 2.75) is 6.54 Å². The Morgan fingerprint density at radius 3 is 2.75 bits per heavy atom. The minimum atomic E-state index is 0.277. The quantitative estimate of drug-likeness (QED) is 0.574. The van der Waals surface area contributed by atoms with Crippen LogP contribution in [0.25, 0.3) is 16.9 Å². The van der Waals surface area contributed by atoms with Crippen molar-refractivity contribution in [2.24, 2.45) is 0 Å². The Balaban J connectivity index is 1.39. The fourth-order valence-corrected chi connectivity index (χ4v) is 3.17. The molecule has 28 heavy (non-hydrogen) atoms. The zero-order valence-electron chi connectivity index (χ0n) is 15.3. The van der Waals surface area contributed by atoms with Crippen LogP contribution >= 0.6 is 0 Å². The molecular formula is C21H18N4O3. The van der Waals surface area contributed by atoms with E-state index in [4.69, 9.17) is 19.3 Å². The Morgan fingerprint density at radius 2 is 1.89 bits per heavy atom. The van der Waals surface area contributed by atoms with Crippen molar-refractivity contribution in [3.05, 3.63) is 66.4 Å². The Kier molecular flexibility index (Phi) is 3.97. The van der Waals surface area contributed by atoms with Gasteiger partial charge in [0.2, 0.25) is 6.79 Å². The van der Waals surface area contributed by atoms with Gasteiger partial charge in [0.25, 0.3) is 0 Å². The predicted molar refractivity (Wildman–Crippen MR) is 105 cm³/mol. The fraction of sp³-hybridized carbons (Fsp3) is 0.143. The first-order valence-corrected chi connectivity index (χ1v) is 8.92. The van der Waals surface area contributed by atoms with Gasteiger partial charge >= 0.3 is 0 Å². The highest BCUT2D eigenvalue weighted by Crippen LogP contribution is 2.32. The second kappa shape index (κ2) is 6.77. The summed E-state index contributed by atoms with van der Waals surface area (Å²) in [5, 5.41) is 8.05. The number of benzene rings is 2. The van der Waals surface area contributed by atoms with Crippen molar-refractivity contribution >= 4 is 11.5 Å². The molecular weight excluding hydrogens is 356 g/mol. The van der Waals surface area contributed by atoms with Gasteiger partial charge < -0.3 is 19.5 Å². The molecule has 0 bridgehead atoms. The predicted octanol–water partition coefficient (Wildman–Crippen LogP) is 3.75. The van der Waals surface area contributed by atoms with Gasteiger partial charge in [0.05, 0.1) is 19.0 Å². The van der Waals surface area contributed by atoms with Crippen molar-refractivity contribution < 1.29 is 14.2 Å². The second-order valence-corrected chi connectivity index (χ2v) is 6.40. The van der Waals surface area contributed by atoms with Gasteiger partial charge in [-0.3, -0.25) is 0 Å². The van der Waals surface area contributed by atoms with E-state index in [9.17, 15) is 0 Å². The number of anilines is 1. The van der Waals surface area contributed by atoms with Gasteiger partial charge in [-0.05, 0) is 54.1 Å². The number of nitrogens with zero attached hydrogens (tertiary/aromatic N) is 3. The molecule has 0 spiro atoms. The Bertz CT molecular complexity index is 1140. The summed E-state index contributed by atoms with van der Waals surface area (Å²) < 4.78 is 17.9. The van der Waals surface area contributed by atoms with Crippen LogP contribution in [0.15, 0.2) is 60.8 Å². The molecule has 0 aliphatic carbocycles. The summed E-state index contributed by atoms with van der Waals surface area (Å²) in [6, 6.07) is 17.6. The van der Waals surface area contributed by atoms with Crippen LogP contribution in [0.1, 0.15) is 5.56 Å². The standard InChI is InChI=1S/C21H18N4O3/c1-26-16-5-3-15(4-6-16)17-12-23-21-9-8-20(24-25(17)21)22-11-14-2-7-18-19(10-14)28-13-27-18/h2-10,12H,11,13H2,1H3,(H,22,24). The first kappa shape index (κ1) is 16.4. The van der Waals surface area contributed by atoms with Crippen LogP contribution in [-0.2, 0) is 6.54 Å². The van der Waals surface area contributed by atoms with Gasteiger partial charge in [0.15, 0.2) is 17.1 Å². The van der Waals surface area contributed by atoms with Gasteiger partial charge in [-0.15, -0.1) is 5.10 Å². The lowest BCUT2D eigenvalue weighted by atomic mass is 10.1. The summed E-state index contributed by atoms with van der Waals surface area (Å²) in [6.07, 6.45) is 1.83. The van der Waals surface area contributed by atoms with E-state index < -0.39 is 0 Å². The largest absolute Gasteiger partial charge is 0.497 e. The zero-order chi connectivity index (χ0) is 18.9. The average Bonchev–Trinajstić information content (AvgIpc) is 3.38. The molecule has 3 heterocycles. The van der Waals surface area contributed by atoms with Crippen LogP contribution in [-0.4, -0.2) is 28.5 Å². The molecule has 7 heteroatoms. The highest BCUT2D eigenvalue weighted by Gasteiger charge is 2.13. The molecule has 0 saturated carbocycles. The molecule has 0 fully saturated rings. The summed E-state index contributed by atoms with van der Waals surface area (Å²) in [6.45, 7) is 0.904. The summed E-state index contributed by atoms with van der Waals surface area (Å²) >= 11 is 0. The van der Waals surface area contributed by atoms with Crippen LogP contribution in [0.3, 0.4) is 0 Å². The number of hydrogen-bond acceptors (Lipinski definition) is 6. The first-order valence-electron chi connectivity index (χ1n) is 8.92. The summed E-state index contributed by atoms with van der Waals surface area (Å²) in [7, 11) is 1.66. The molecule has 0 atom stereocenters. The number of rotatable bonds is 5. The number of hydrogen-bond donors (Lipinski definition) is 1. The third-order valence-electron chi connectivity index (χ3n) is 4.66. The Labute approximate surface area is 161 Å². The fourth-order valence-electron chi connectivity index (χ4n) is 3.17. The van der Waals surface area contributed by atoms with Gasteiger partial charge in [0.1, 0.15) is 11.6 Å². The van der Waals surface area contributed by atoms with Crippen LogP contribution < -0.4 is 19.5 Å². The van der Waals surface area contributed by atoms with Crippen molar-refractivity contribution in [1.29, 1.82) is 0 Å². The van der Waals surface area contributed by atoms with Crippen LogP contribution in [0.2, 0.25) is 0 Å². The SMILES string of the molecule is COc1ccc(-c2cnc3ccc(NCc4ccc5c(c4)OCO5)nn23)cc1. The van der Waals surface area contributed by atoms with Crippen LogP contribution in [0, 0.1) is 0 Å². The van der Waals surface area contributed by atoms with Crippen molar-refractivity contribution in [3.8, 4) is 28.5 Å². The number of fused-ring (bicyclic) bond motifs is 2. The molecule has 5 rings (SSSR count). The third-order valence-corrected chi connectivity index (χ3v) is 4.66. The second-order valence-electron chi connectivity index (χ2n) is 6.40. The molecule has 1 aliphatic heterocycles. The molecule has 1 N–H and O–H groups in total. The lowest BCUT2D eigenvalue weighted by Crippen LogP contribution is -2.04. The van der Waals surface area contributed by atoms with E-state index in [2.05, 4.69) is 10.3 Å². The molecule has 0 saturated heterocycles. The van der Waals surface area contributed by atoms with E-state index in [1.807, 2.05) is 65.3 Å². The van der Waals surface area contributed by atoms with Crippen molar-refractivity contribution in [1.82, 2.24) is 14.6 Å². The van der Waals surface area contributed by atoms with E-state index in [1.165, 1.54) is 0 Å². The van der Waals surface area contributed by atoms with Gasteiger partial charge in [-0.25, -0.2) is 9.50 Å². The number of ether oxygens (including phenoxy) is 3. The first-order chi connectivity index (χ1) is 13.8. The molecule has 0 unspecified atom stereocenters. The van der Waals surface area contributed by atoms with E-state index in [0.717, 1.165) is 45.5 Å². The van der Waals surface area contributed by atoms with Crippen molar-refractivity contribution in [2.75, 3.05) is 19.2 Å². The molecule has 1 aliphatic rings. The summed E-state index contributed by atoms with van der Waals surface area (Å²) in [5.41, 5.74) is 3.82. The summed E-state index contributed by atoms with van der Waals surface area (Å²) in [4.78, 5) is 4.45. The molecule has 0 amide bonds. The number of methoxy groups -OCH3 is 1. The third kappa shape index (κ3) is 2.96. The minimum absolute atomic E-state index is 0.277. The Hall–Kier alpha value is -3.74. The topological polar surface area (TPSA) is 69.9 Å². The molecule has 7 nitrogen and oxygen atoms in total. The highest BCUT2D eigenvalue weighted by atomic mass is 16.7.